The SMILES string of the molecule is CC(C)CN(C[B-](F)(F)F)C1CC1. The van der Waals surface area contributed by atoms with Gasteiger partial charge in [-0.1, -0.05) is 13.8 Å². The Morgan fingerprint density at radius 3 is 2.15 bits per heavy atom. The molecule has 1 aliphatic carbocycles. The molecule has 0 atom stereocenters. The van der Waals surface area contributed by atoms with E-state index in [0.717, 1.165) is 12.8 Å². The van der Waals surface area contributed by atoms with E-state index in [1.54, 1.807) is 4.90 Å². The van der Waals surface area contributed by atoms with Crippen LogP contribution in [0.1, 0.15) is 26.7 Å². The van der Waals surface area contributed by atoms with Gasteiger partial charge in [-0.05, 0) is 31.7 Å². The second-order valence-electron chi connectivity index (χ2n) is 4.29. The fourth-order valence-electron chi connectivity index (χ4n) is 1.55. The first-order valence-electron chi connectivity index (χ1n) is 4.83. The number of halogens is 3. The smallest absolute Gasteiger partial charge is 0.448 e. The fourth-order valence-corrected chi connectivity index (χ4v) is 1.55. The molecule has 1 nitrogen and oxygen atoms in total. The molecule has 1 fully saturated rings. The van der Waals surface area contributed by atoms with Crippen LogP contribution < -0.4 is 0 Å². The molecule has 0 radical (unpaired) electrons. The Bertz CT molecular complexity index is 165. The van der Waals surface area contributed by atoms with Crippen molar-refractivity contribution in [2.24, 2.45) is 5.92 Å². The summed E-state index contributed by atoms with van der Waals surface area (Å²) < 4.78 is 36.5. The number of hydrogen-bond donors (Lipinski definition) is 0. The molecular formula is C8H16BF3N-. The van der Waals surface area contributed by atoms with Crippen molar-refractivity contribution in [3.05, 3.63) is 0 Å². The third kappa shape index (κ3) is 4.55. The predicted molar refractivity (Wildman–Crippen MR) is 48.5 cm³/mol. The summed E-state index contributed by atoms with van der Waals surface area (Å²) in [6, 6.07) is 0.214. The number of hydrogen-bond acceptors (Lipinski definition) is 1. The van der Waals surface area contributed by atoms with Gasteiger partial charge in [0.15, 0.2) is 0 Å². The molecule has 0 bridgehead atoms. The highest BCUT2D eigenvalue weighted by Gasteiger charge is 2.35. The topological polar surface area (TPSA) is 3.24 Å². The molecule has 0 unspecified atom stereocenters. The van der Waals surface area contributed by atoms with E-state index in [9.17, 15) is 12.9 Å². The Balaban J connectivity index is 2.38. The molecule has 13 heavy (non-hydrogen) atoms. The standard InChI is InChI=1S/C8H16BF3N/c1-7(2)5-13(8-3-4-8)6-9(10,11)12/h7-8H,3-6H2,1-2H3/q-1. The van der Waals surface area contributed by atoms with Gasteiger partial charge in [-0.3, -0.25) is 0 Å². The Labute approximate surface area is 77.4 Å². The lowest BCUT2D eigenvalue weighted by atomic mass is 9.90. The highest BCUT2D eigenvalue weighted by Crippen LogP contribution is 2.29. The Kier molecular flexibility index (Phi) is 3.27. The first-order chi connectivity index (χ1) is 5.88. The zero-order chi connectivity index (χ0) is 10.1. The van der Waals surface area contributed by atoms with Crippen LogP contribution in [-0.4, -0.2) is 30.9 Å². The van der Waals surface area contributed by atoms with E-state index < -0.39 is 13.4 Å². The molecule has 1 saturated carbocycles. The molecular weight excluding hydrogens is 178 g/mol. The second-order valence-corrected chi connectivity index (χ2v) is 4.29. The Morgan fingerprint density at radius 2 is 1.85 bits per heavy atom. The van der Waals surface area contributed by atoms with Crippen LogP contribution in [0.2, 0.25) is 0 Å². The average Bonchev–Trinajstić information content (AvgIpc) is 2.60. The van der Waals surface area contributed by atoms with E-state index in [1.807, 2.05) is 13.8 Å². The molecule has 0 aromatic carbocycles. The van der Waals surface area contributed by atoms with E-state index in [-0.39, 0.29) is 6.04 Å². The molecule has 0 aromatic rings. The van der Waals surface area contributed by atoms with Crippen molar-refractivity contribution in [1.82, 2.24) is 4.90 Å². The van der Waals surface area contributed by atoms with Gasteiger partial charge in [-0.25, -0.2) is 0 Å². The normalized spacial score (nSPS) is 18.7. The summed E-state index contributed by atoms with van der Waals surface area (Å²) in [7, 11) is 0. The van der Waals surface area contributed by atoms with E-state index >= 15 is 0 Å². The summed E-state index contributed by atoms with van der Waals surface area (Å²) in [5, 5.41) is 0. The minimum Gasteiger partial charge on any atom is -0.448 e. The van der Waals surface area contributed by atoms with Crippen molar-refractivity contribution in [3.63, 3.8) is 0 Å². The summed E-state index contributed by atoms with van der Waals surface area (Å²) in [5.74, 6) is 0.318. The number of rotatable bonds is 5. The molecule has 0 spiro atoms. The summed E-state index contributed by atoms with van der Waals surface area (Å²) in [4.78, 5) is 1.59. The van der Waals surface area contributed by atoms with Crippen LogP contribution in [-0.2, 0) is 0 Å². The quantitative estimate of drug-likeness (QED) is 0.607. The second kappa shape index (κ2) is 3.90. The molecule has 5 heteroatoms. The first kappa shape index (κ1) is 10.9. The fraction of sp³-hybridized carbons (Fsp3) is 1.00. The molecule has 0 amide bonds. The van der Waals surface area contributed by atoms with Gasteiger partial charge < -0.3 is 17.8 Å². The largest absolute Gasteiger partial charge is 0.492 e. The van der Waals surface area contributed by atoms with Gasteiger partial charge in [0, 0.05) is 6.04 Å². The highest BCUT2D eigenvalue weighted by atomic mass is 19.4. The molecule has 1 aliphatic rings. The average molecular weight is 194 g/mol. The van der Waals surface area contributed by atoms with Crippen molar-refractivity contribution < 1.29 is 12.9 Å². The van der Waals surface area contributed by atoms with Gasteiger partial charge in [0.25, 0.3) is 0 Å². The molecule has 0 aliphatic heterocycles. The summed E-state index contributed by atoms with van der Waals surface area (Å²) in [5.41, 5.74) is 0. The summed E-state index contributed by atoms with van der Waals surface area (Å²) in [6.07, 6.45) is 1.21. The predicted octanol–water partition coefficient (Wildman–Crippen LogP) is 2.49. The van der Waals surface area contributed by atoms with E-state index in [1.165, 1.54) is 0 Å². The highest BCUT2D eigenvalue weighted by molar-refractivity contribution is 6.58. The first-order valence-corrected chi connectivity index (χ1v) is 4.83. The molecule has 1 rings (SSSR count). The van der Waals surface area contributed by atoms with Crippen LogP contribution >= 0.6 is 0 Å². The van der Waals surface area contributed by atoms with E-state index in [4.69, 9.17) is 0 Å². The summed E-state index contributed by atoms with van der Waals surface area (Å²) in [6.45, 7) is -0.158. The van der Waals surface area contributed by atoms with Gasteiger partial charge in [0.1, 0.15) is 0 Å². The van der Waals surface area contributed by atoms with Crippen LogP contribution in [0.15, 0.2) is 0 Å². The van der Waals surface area contributed by atoms with Crippen molar-refractivity contribution in [2.75, 3.05) is 13.0 Å². The molecule has 78 valence electrons. The minimum atomic E-state index is -4.65. The maximum absolute atomic E-state index is 12.2. The van der Waals surface area contributed by atoms with Gasteiger partial charge in [0.2, 0.25) is 0 Å². The zero-order valence-electron chi connectivity index (χ0n) is 8.14. The third-order valence-electron chi connectivity index (χ3n) is 2.10. The van der Waals surface area contributed by atoms with Gasteiger partial charge in [-0.2, -0.15) is 0 Å². The van der Waals surface area contributed by atoms with Crippen LogP contribution in [0, 0.1) is 5.92 Å². The van der Waals surface area contributed by atoms with Gasteiger partial charge in [-0.15, -0.1) is 0 Å². The third-order valence-corrected chi connectivity index (χ3v) is 2.10. The van der Waals surface area contributed by atoms with Crippen molar-refractivity contribution >= 4 is 6.98 Å². The van der Waals surface area contributed by atoms with E-state index in [2.05, 4.69) is 0 Å². The lowest BCUT2D eigenvalue weighted by molar-refractivity contribution is 0.242. The molecule has 0 aromatic heterocycles. The summed E-state index contributed by atoms with van der Waals surface area (Å²) >= 11 is 0. The molecule has 0 heterocycles. The van der Waals surface area contributed by atoms with Crippen LogP contribution in [0.4, 0.5) is 12.9 Å². The Hall–Kier alpha value is -0.185. The van der Waals surface area contributed by atoms with Crippen molar-refractivity contribution in [1.29, 1.82) is 0 Å². The lowest BCUT2D eigenvalue weighted by Gasteiger charge is -2.29. The van der Waals surface area contributed by atoms with Gasteiger partial charge in [0.05, 0.1) is 0 Å². The van der Waals surface area contributed by atoms with Crippen LogP contribution in [0.5, 0.6) is 0 Å². The lowest BCUT2D eigenvalue weighted by Crippen LogP contribution is -2.41. The van der Waals surface area contributed by atoms with Crippen LogP contribution in [0.25, 0.3) is 0 Å². The number of nitrogens with zero attached hydrogens (tertiary/aromatic N) is 1. The molecule has 0 N–H and O–H groups in total. The maximum Gasteiger partial charge on any atom is 0.492 e. The van der Waals surface area contributed by atoms with Crippen molar-refractivity contribution in [2.45, 2.75) is 32.7 Å². The molecule has 0 saturated heterocycles. The maximum atomic E-state index is 12.2. The van der Waals surface area contributed by atoms with Crippen LogP contribution in [0.3, 0.4) is 0 Å². The van der Waals surface area contributed by atoms with Crippen molar-refractivity contribution in [3.8, 4) is 0 Å². The Morgan fingerprint density at radius 1 is 1.31 bits per heavy atom. The monoisotopic (exact) mass is 194 g/mol. The van der Waals surface area contributed by atoms with E-state index in [0.29, 0.717) is 12.5 Å². The van der Waals surface area contributed by atoms with Gasteiger partial charge >= 0.3 is 6.98 Å². The zero-order valence-corrected chi connectivity index (χ0v) is 8.14. The minimum absolute atomic E-state index is 0.214.